The van der Waals surface area contributed by atoms with E-state index in [0.717, 1.165) is 5.56 Å². The van der Waals surface area contributed by atoms with Crippen molar-refractivity contribution in [3.8, 4) is 6.07 Å². The number of benzene rings is 1. The third-order valence-electron chi connectivity index (χ3n) is 2.45. The fourth-order valence-electron chi connectivity index (χ4n) is 1.58. The Morgan fingerprint density at radius 1 is 1.24 bits per heavy atom. The molecule has 0 aliphatic heterocycles. The molecule has 0 fully saturated rings. The van der Waals surface area contributed by atoms with E-state index in [9.17, 15) is 4.79 Å². The van der Waals surface area contributed by atoms with Crippen molar-refractivity contribution in [1.82, 2.24) is 4.57 Å². The van der Waals surface area contributed by atoms with Gasteiger partial charge < -0.3 is 4.57 Å². The van der Waals surface area contributed by atoms with Crippen molar-refractivity contribution in [2.45, 2.75) is 6.54 Å². The second-order valence-corrected chi connectivity index (χ2v) is 4.41. The van der Waals surface area contributed by atoms with E-state index >= 15 is 0 Å². The van der Waals surface area contributed by atoms with Gasteiger partial charge in [0.25, 0.3) is 5.56 Å². The number of hydrogen-bond donors (Lipinski definition) is 0. The van der Waals surface area contributed by atoms with Crippen molar-refractivity contribution in [3.63, 3.8) is 0 Å². The standard InChI is InChI=1S/C13H9BrN2O/c14-12-6-3-7-16(13(12)17)9-11-5-2-1-4-10(11)8-15/h1-7H,9H2. The van der Waals surface area contributed by atoms with Gasteiger partial charge in [-0.05, 0) is 39.7 Å². The first-order chi connectivity index (χ1) is 8.22. The Balaban J connectivity index is 2.43. The van der Waals surface area contributed by atoms with Crippen LogP contribution in [0.25, 0.3) is 0 Å². The van der Waals surface area contributed by atoms with Gasteiger partial charge in [0.1, 0.15) is 0 Å². The van der Waals surface area contributed by atoms with Gasteiger partial charge in [0.2, 0.25) is 0 Å². The first kappa shape index (κ1) is 11.6. The Labute approximate surface area is 107 Å². The number of rotatable bonds is 2. The lowest BCUT2D eigenvalue weighted by Gasteiger charge is -2.07. The minimum Gasteiger partial charge on any atom is -0.310 e. The van der Waals surface area contributed by atoms with Crippen LogP contribution in [0.5, 0.6) is 0 Å². The first-order valence-corrected chi connectivity index (χ1v) is 5.84. The minimum atomic E-state index is -0.0970. The average molecular weight is 289 g/mol. The molecule has 17 heavy (non-hydrogen) atoms. The Hall–Kier alpha value is -1.86. The number of nitrogens with zero attached hydrogens (tertiary/aromatic N) is 2. The summed E-state index contributed by atoms with van der Waals surface area (Å²) in [6.07, 6.45) is 1.71. The molecule has 0 N–H and O–H groups in total. The number of hydrogen-bond acceptors (Lipinski definition) is 2. The number of aromatic nitrogens is 1. The SMILES string of the molecule is N#Cc1ccccc1Cn1cccc(Br)c1=O. The molecule has 0 saturated carbocycles. The summed E-state index contributed by atoms with van der Waals surface area (Å²) in [5.41, 5.74) is 1.34. The summed E-state index contributed by atoms with van der Waals surface area (Å²) in [5, 5.41) is 8.97. The van der Waals surface area contributed by atoms with Gasteiger partial charge in [0.15, 0.2) is 0 Å². The third-order valence-corrected chi connectivity index (χ3v) is 3.06. The molecule has 0 aliphatic rings. The number of nitriles is 1. The maximum absolute atomic E-state index is 11.8. The highest BCUT2D eigenvalue weighted by Crippen LogP contribution is 2.09. The summed E-state index contributed by atoms with van der Waals surface area (Å²) in [6, 6.07) is 12.9. The van der Waals surface area contributed by atoms with Crippen LogP contribution in [-0.4, -0.2) is 4.57 Å². The van der Waals surface area contributed by atoms with Gasteiger partial charge in [-0.15, -0.1) is 0 Å². The fraction of sp³-hybridized carbons (Fsp3) is 0.0769. The van der Waals surface area contributed by atoms with E-state index in [0.29, 0.717) is 16.6 Å². The number of halogens is 1. The summed E-state index contributed by atoms with van der Waals surface area (Å²) in [6.45, 7) is 0.405. The lowest BCUT2D eigenvalue weighted by atomic mass is 10.1. The largest absolute Gasteiger partial charge is 0.310 e. The zero-order chi connectivity index (χ0) is 12.3. The van der Waals surface area contributed by atoms with Crippen molar-refractivity contribution < 1.29 is 0 Å². The molecule has 84 valence electrons. The summed E-state index contributed by atoms with van der Waals surface area (Å²) in [7, 11) is 0. The van der Waals surface area contributed by atoms with E-state index in [4.69, 9.17) is 5.26 Å². The summed E-state index contributed by atoms with van der Waals surface area (Å²) < 4.78 is 2.09. The second kappa shape index (κ2) is 4.98. The highest BCUT2D eigenvalue weighted by Gasteiger charge is 2.04. The van der Waals surface area contributed by atoms with Crippen LogP contribution in [0.15, 0.2) is 51.9 Å². The Morgan fingerprint density at radius 2 is 2.00 bits per heavy atom. The zero-order valence-corrected chi connectivity index (χ0v) is 10.5. The molecule has 0 unspecified atom stereocenters. The van der Waals surface area contributed by atoms with Crippen LogP contribution >= 0.6 is 15.9 Å². The van der Waals surface area contributed by atoms with E-state index in [2.05, 4.69) is 22.0 Å². The van der Waals surface area contributed by atoms with E-state index in [1.54, 1.807) is 29.0 Å². The Bertz CT molecular complexity index is 640. The molecule has 2 aromatic rings. The molecule has 3 nitrogen and oxygen atoms in total. The topological polar surface area (TPSA) is 45.8 Å². The lowest BCUT2D eigenvalue weighted by molar-refractivity contribution is 0.753. The Kier molecular flexibility index (Phi) is 3.40. The highest BCUT2D eigenvalue weighted by molar-refractivity contribution is 9.10. The molecule has 1 aromatic carbocycles. The van der Waals surface area contributed by atoms with Crippen molar-refractivity contribution >= 4 is 15.9 Å². The van der Waals surface area contributed by atoms with Gasteiger partial charge in [-0.25, -0.2) is 0 Å². The molecule has 0 saturated heterocycles. The van der Waals surface area contributed by atoms with Crippen molar-refractivity contribution in [3.05, 3.63) is 68.5 Å². The lowest BCUT2D eigenvalue weighted by Crippen LogP contribution is -2.20. The summed E-state index contributed by atoms with van der Waals surface area (Å²) >= 11 is 3.20. The van der Waals surface area contributed by atoms with E-state index in [-0.39, 0.29) is 5.56 Å². The predicted molar refractivity (Wildman–Crippen MR) is 68.7 cm³/mol. The minimum absolute atomic E-state index is 0.0970. The predicted octanol–water partition coefficient (Wildman–Crippen LogP) is 2.53. The molecular weight excluding hydrogens is 280 g/mol. The Morgan fingerprint density at radius 3 is 2.76 bits per heavy atom. The molecule has 1 heterocycles. The molecule has 0 radical (unpaired) electrons. The third kappa shape index (κ3) is 2.45. The fourth-order valence-corrected chi connectivity index (χ4v) is 1.96. The molecule has 0 amide bonds. The monoisotopic (exact) mass is 288 g/mol. The van der Waals surface area contributed by atoms with Gasteiger partial charge >= 0.3 is 0 Å². The second-order valence-electron chi connectivity index (χ2n) is 3.56. The van der Waals surface area contributed by atoms with Crippen LogP contribution in [0.3, 0.4) is 0 Å². The van der Waals surface area contributed by atoms with Gasteiger partial charge in [0.05, 0.1) is 22.7 Å². The quantitative estimate of drug-likeness (QED) is 0.852. The van der Waals surface area contributed by atoms with Crippen LogP contribution in [0.1, 0.15) is 11.1 Å². The van der Waals surface area contributed by atoms with Crippen molar-refractivity contribution in [2.24, 2.45) is 0 Å². The van der Waals surface area contributed by atoms with Gasteiger partial charge in [0, 0.05) is 6.20 Å². The summed E-state index contributed by atoms with van der Waals surface area (Å²) in [5.74, 6) is 0. The molecule has 0 aliphatic carbocycles. The van der Waals surface area contributed by atoms with Gasteiger partial charge in [-0.1, -0.05) is 18.2 Å². The van der Waals surface area contributed by atoms with Crippen LogP contribution in [0.4, 0.5) is 0 Å². The van der Waals surface area contributed by atoms with Crippen LogP contribution in [-0.2, 0) is 6.54 Å². The first-order valence-electron chi connectivity index (χ1n) is 5.05. The normalized spacial score (nSPS) is 9.88. The van der Waals surface area contributed by atoms with E-state index < -0.39 is 0 Å². The zero-order valence-electron chi connectivity index (χ0n) is 8.93. The van der Waals surface area contributed by atoms with Crippen LogP contribution < -0.4 is 5.56 Å². The molecule has 1 aromatic heterocycles. The highest BCUT2D eigenvalue weighted by atomic mass is 79.9. The molecule has 2 rings (SSSR count). The molecule has 0 bridgehead atoms. The van der Waals surface area contributed by atoms with Crippen LogP contribution in [0, 0.1) is 11.3 Å². The van der Waals surface area contributed by atoms with Crippen LogP contribution in [0.2, 0.25) is 0 Å². The van der Waals surface area contributed by atoms with Gasteiger partial charge in [-0.2, -0.15) is 5.26 Å². The smallest absolute Gasteiger partial charge is 0.265 e. The number of pyridine rings is 1. The maximum Gasteiger partial charge on any atom is 0.265 e. The maximum atomic E-state index is 11.8. The molecule has 4 heteroatoms. The summed E-state index contributed by atoms with van der Waals surface area (Å²) in [4.78, 5) is 11.8. The molecule has 0 spiro atoms. The van der Waals surface area contributed by atoms with Crippen molar-refractivity contribution in [2.75, 3.05) is 0 Å². The van der Waals surface area contributed by atoms with Gasteiger partial charge in [-0.3, -0.25) is 4.79 Å². The van der Waals surface area contributed by atoms with E-state index in [1.165, 1.54) is 0 Å². The molecule has 0 atom stereocenters. The van der Waals surface area contributed by atoms with E-state index in [1.807, 2.05) is 18.2 Å². The average Bonchev–Trinajstić information content (AvgIpc) is 2.35. The van der Waals surface area contributed by atoms with Crippen molar-refractivity contribution in [1.29, 1.82) is 5.26 Å². The molecular formula is C13H9BrN2O.